The van der Waals surface area contributed by atoms with E-state index in [9.17, 15) is 5.11 Å². The van der Waals surface area contributed by atoms with E-state index in [0.717, 1.165) is 5.56 Å². The minimum atomic E-state index is -0.537. The first-order chi connectivity index (χ1) is 6.24. The van der Waals surface area contributed by atoms with Gasteiger partial charge in [0.05, 0.1) is 6.10 Å². The lowest BCUT2D eigenvalue weighted by Crippen LogP contribution is -1.97. The van der Waals surface area contributed by atoms with Crippen molar-refractivity contribution >= 4 is 0 Å². The van der Waals surface area contributed by atoms with E-state index in [2.05, 4.69) is 12.5 Å². The van der Waals surface area contributed by atoms with Crippen molar-refractivity contribution in [1.29, 1.82) is 0 Å². The molecule has 0 unspecified atom stereocenters. The summed E-state index contributed by atoms with van der Waals surface area (Å²) < 4.78 is 0. The van der Waals surface area contributed by atoms with E-state index >= 15 is 0 Å². The molecule has 0 amide bonds. The molecule has 0 aromatic heterocycles. The second kappa shape index (κ2) is 4.49. The number of aliphatic hydroxyl groups excluding tert-OH is 1. The number of aliphatic hydroxyl groups is 1. The van der Waals surface area contributed by atoms with Crippen LogP contribution in [-0.4, -0.2) is 5.11 Å². The van der Waals surface area contributed by atoms with Gasteiger partial charge in [0, 0.05) is 6.42 Å². The fraction of sp³-hybridized carbons (Fsp3) is 0.167. The Bertz CT molecular complexity index is 319. The molecule has 0 heterocycles. The number of terminal acetylenes is 1. The van der Waals surface area contributed by atoms with E-state index in [1.807, 2.05) is 30.3 Å². The lowest BCUT2D eigenvalue weighted by Gasteiger charge is -2.09. The van der Waals surface area contributed by atoms with Gasteiger partial charge in [0.1, 0.15) is 0 Å². The lowest BCUT2D eigenvalue weighted by molar-refractivity contribution is 0.179. The average molecular weight is 172 g/mol. The summed E-state index contributed by atoms with van der Waals surface area (Å²) in [5, 5.41) is 9.67. The quantitative estimate of drug-likeness (QED) is 0.693. The van der Waals surface area contributed by atoms with Crippen LogP contribution in [-0.2, 0) is 0 Å². The minimum Gasteiger partial charge on any atom is -0.388 e. The molecule has 1 aromatic rings. The van der Waals surface area contributed by atoms with Crippen molar-refractivity contribution < 1.29 is 5.11 Å². The van der Waals surface area contributed by atoms with Crippen molar-refractivity contribution in [2.24, 2.45) is 0 Å². The summed E-state index contributed by atoms with van der Waals surface area (Å²) in [6, 6.07) is 9.42. The molecule has 0 fully saturated rings. The summed E-state index contributed by atoms with van der Waals surface area (Å²) in [6.07, 6.45) is 5.03. The maximum absolute atomic E-state index is 9.67. The predicted octanol–water partition coefficient (Wildman–Crippen LogP) is 2.30. The van der Waals surface area contributed by atoms with E-state index in [1.165, 1.54) is 0 Å². The highest BCUT2D eigenvalue weighted by atomic mass is 16.3. The summed E-state index contributed by atoms with van der Waals surface area (Å²) >= 11 is 0. The topological polar surface area (TPSA) is 20.2 Å². The molecular formula is C12H12O. The van der Waals surface area contributed by atoms with Crippen LogP contribution in [0.4, 0.5) is 0 Å². The van der Waals surface area contributed by atoms with Crippen LogP contribution in [0.15, 0.2) is 42.5 Å². The second-order valence-electron chi connectivity index (χ2n) is 2.88. The Morgan fingerprint density at radius 3 is 2.62 bits per heavy atom. The molecule has 0 saturated carbocycles. The van der Waals surface area contributed by atoms with Crippen LogP contribution in [0.5, 0.6) is 0 Å². The second-order valence-corrected chi connectivity index (χ2v) is 2.88. The molecule has 0 bridgehead atoms. The van der Waals surface area contributed by atoms with Gasteiger partial charge in [-0.25, -0.2) is 0 Å². The van der Waals surface area contributed by atoms with Crippen LogP contribution < -0.4 is 0 Å². The monoisotopic (exact) mass is 172 g/mol. The molecule has 0 aliphatic rings. The highest BCUT2D eigenvalue weighted by molar-refractivity contribution is 5.25. The lowest BCUT2D eigenvalue weighted by atomic mass is 10.0. The van der Waals surface area contributed by atoms with Gasteiger partial charge in [-0.2, -0.15) is 0 Å². The van der Waals surface area contributed by atoms with Crippen LogP contribution >= 0.6 is 0 Å². The smallest absolute Gasteiger partial charge is 0.0836 e. The molecule has 1 atom stereocenters. The molecule has 0 spiro atoms. The van der Waals surface area contributed by atoms with Crippen molar-refractivity contribution in [3.8, 4) is 12.3 Å². The third kappa shape index (κ3) is 2.77. The van der Waals surface area contributed by atoms with Crippen LogP contribution in [0.2, 0.25) is 0 Å². The fourth-order valence-electron chi connectivity index (χ4n) is 1.09. The molecule has 13 heavy (non-hydrogen) atoms. The molecule has 1 heteroatoms. The highest BCUT2D eigenvalue weighted by Crippen LogP contribution is 2.18. The van der Waals surface area contributed by atoms with Crippen molar-refractivity contribution in [1.82, 2.24) is 0 Å². The van der Waals surface area contributed by atoms with Crippen LogP contribution in [0.3, 0.4) is 0 Å². The third-order valence-electron chi connectivity index (χ3n) is 1.83. The Balaban J connectivity index is 2.65. The molecule has 0 aliphatic heterocycles. The average Bonchev–Trinajstić information content (AvgIpc) is 2.19. The molecule has 0 radical (unpaired) electrons. The van der Waals surface area contributed by atoms with Gasteiger partial charge in [-0.05, 0) is 11.1 Å². The maximum atomic E-state index is 9.67. The Kier molecular flexibility index (Phi) is 3.31. The maximum Gasteiger partial charge on any atom is 0.0836 e. The molecule has 1 N–H and O–H groups in total. The van der Waals surface area contributed by atoms with Gasteiger partial charge in [-0.1, -0.05) is 42.8 Å². The van der Waals surface area contributed by atoms with Gasteiger partial charge in [0.15, 0.2) is 0 Å². The molecule has 0 aliphatic carbocycles. The summed E-state index contributed by atoms with van der Waals surface area (Å²) in [6.45, 7) is 3.64. The molecule has 66 valence electrons. The van der Waals surface area contributed by atoms with Gasteiger partial charge in [0.25, 0.3) is 0 Å². The minimum absolute atomic E-state index is 0.431. The van der Waals surface area contributed by atoms with Crippen molar-refractivity contribution in [2.75, 3.05) is 0 Å². The summed E-state index contributed by atoms with van der Waals surface area (Å²) in [5.41, 5.74) is 1.50. The number of benzene rings is 1. The first-order valence-corrected chi connectivity index (χ1v) is 4.11. The number of hydrogen-bond acceptors (Lipinski definition) is 1. The van der Waals surface area contributed by atoms with E-state index in [0.29, 0.717) is 12.0 Å². The first kappa shape index (κ1) is 9.57. The van der Waals surface area contributed by atoms with Crippen molar-refractivity contribution in [3.63, 3.8) is 0 Å². The van der Waals surface area contributed by atoms with Crippen LogP contribution in [0, 0.1) is 12.3 Å². The fourth-order valence-corrected chi connectivity index (χ4v) is 1.09. The molecule has 0 saturated heterocycles. The molecule has 1 nitrogen and oxygen atoms in total. The van der Waals surface area contributed by atoms with E-state index in [-0.39, 0.29) is 0 Å². The van der Waals surface area contributed by atoms with Gasteiger partial charge >= 0.3 is 0 Å². The SMILES string of the molecule is C#CC(=C)C[C@H](O)c1ccccc1. The standard InChI is InChI=1S/C12H12O/c1-3-10(2)9-12(13)11-7-5-4-6-8-11/h1,4-8,12-13H,2,9H2/t12-/m0/s1. The Hall–Kier alpha value is -1.52. The van der Waals surface area contributed by atoms with Gasteiger partial charge in [0.2, 0.25) is 0 Å². The van der Waals surface area contributed by atoms with Gasteiger partial charge in [-0.3, -0.25) is 0 Å². The molecular weight excluding hydrogens is 160 g/mol. The summed E-state index contributed by atoms with van der Waals surface area (Å²) in [5.74, 6) is 2.41. The highest BCUT2D eigenvalue weighted by Gasteiger charge is 2.06. The van der Waals surface area contributed by atoms with E-state index in [1.54, 1.807) is 0 Å². The Morgan fingerprint density at radius 1 is 1.46 bits per heavy atom. The Morgan fingerprint density at radius 2 is 2.08 bits per heavy atom. The molecule has 1 aromatic carbocycles. The van der Waals surface area contributed by atoms with Gasteiger partial charge < -0.3 is 5.11 Å². The number of rotatable bonds is 3. The van der Waals surface area contributed by atoms with Crippen molar-refractivity contribution in [2.45, 2.75) is 12.5 Å². The zero-order valence-corrected chi connectivity index (χ0v) is 7.40. The van der Waals surface area contributed by atoms with E-state index in [4.69, 9.17) is 6.42 Å². The van der Waals surface area contributed by atoms with E-state index < -0.39 is 6.10 Å². The largest absolute Gasteiger partial charge is 0.388 e. The van der Waals surface area contributed by atoms with Crippen LogP contribution in [0.25, 0.3) is 0 Å². The summed E-state index contributed by atoms with van der Waals surface area (Å²) in [7, 11) is 0. The predicted molar refractivity (Wildman–Crippen MR) is 54.0 cm³/mol. The first-order valence-electron chi connectivity index (χ1n) is 4.11. The zero-order chi connectivity index (χ0) is 9.68. The zero-order valence-electron chi connectivity index (χ0n) is 7.40. The summed E-state index contributed by atoms with van der Waals surface area (Å²) in [4.78, 5) is 0. The van der Waals surface area contributed by atoms with Gasteiger partial charge in [-0.15, -0.1) is 6.42 Å². The van der Waals surface area contributed by atoms with Crippen LogP contribution in [0.1, 0.15) is 18.1 Å². The molecule has 1 rings (SSSR count). The normalized spacial score (nSPS) is 11.7. The third-order valence-corrected chi connectivity index (χ3v) is 1.83. The van der Waals surface area contributed by atoms with Crippen molar-refractivity contribution in [3.05, 3.63) is 48.0 Å². The Labute approximate surface area is 78.7 Å². The number of hydrogen-bond donors (Lipinski definition) is 1.